The van der Waals surface area contributed by atoms with E-state index in [-0.39, 0.29) is 0 Å². The van der Waals surface area contributed by atoms with E-state index in [1.54, 1.807) is 12.1 Å². The largest absolute Gasteiger partial charge is 0.478 e. The van der Waals surface area contributed by atoms with Gasteiger partial charge in [-0.1, -0.05) is 48.5 Å². The zero-order valence-corrected chi connectivity index (χ0v) is 13.5. The summed E-state index contributed by atoms with van der Waals surface area (Å²) in [6.45, 7) is 0.531. The van der Waals surface area contributed by atoms with E-state index >= 15 is 0 Å². The molecule has 0 unspecified atom stereocenters. The molecular formula is C21H16N2O2. The van der Waals surface area contributed by atoms with Gasteiger partial charge in [0.05, 0.1) is 23.3 Å². The molecule has 0 radical (unpaired) electrons. The van der Waals surface area contributed by atoms with Crippen molar-refractivity contribution < 1.29 is 9.90 Å². The number of hydrogen-bond donors (Lipinski definition) is 1. The van der Waals surface area contributed by atoms with Crippen LogP contribution in [0.1, 0.15) is 16.1 Å². The molecular weight excluding hydrogens is 312 g/mol. The van der Waals surface area contributed by atoms with E-state index in [1.807, 2.05) is 59.4 Å². The van der Waals surface area contributed by atoms with Crippen molar-refractivity contribution in [1.82, 2.24) is 9.55 Å². The molecule has 4 heteroatoms. The van der Waals surface area contributed by atoms with Crippen LogP contribution in [0.5, 0.6) is 0 Å². The summed E-state index contributed by atoms with van der Waals surface area (Å²) in [5, 5.41) is 10.3. The zero-order chi connectivity index (χ0) is 17.2. The molecule has 0 saturated heterocycles. The fourth-order valence-electron chi connectivity index (χ4n) is 3.06. The van der Waals surface area contributed by atoms with Crippen molar-refractivity contribution in [2.45, 2.75) is 6.54 Å². The minimum absolute atomic E-state index is 0.309. The molecule has 4 nitrogen and oxygen atoms in total. The minimum Gasteiger partial charge on any atom is -0.478 e. The van der Waals surface area contributed by atoms with Gasteiger partial charge in [-0.05, 0) is 23.8 Å². The topological polar surface area (TPSA) is 55.1 Å². The van der Waals surface area contributed by atoms with Gasteiger partial charge in [-0.15, -0.1) is 0 Å². The van der Waals surface area contributed by atoms with Crippen molar-refractivity contribution in [3.05, 3.63) is 90.4 Å². The molecule has 0 amide bonds. The van der Waals surface area contributed by atoms with Gasteiger partial charge in [-0.2, -0.15) is 0 Å². The molecule has 0 aliphatic carbocycles. The average Bonchev–Trinajstić information content (AvgIpc) is 3.06. The Hall–Kier alpha value is -3.40. The quantitative estimate of drug-likeness (QED) is 0.602. The van der Waals surface area contributed by atoms with Crippen LogP contribution in [-0.4, -0.2) is 20.6 Å². The van der Waals surface area contributed by atoms with E-state index in [4.69, 9.17) is 0 Å². The number of aromatic nitrogens is 2. The van der Waals surface area contributed by atoms with E-state index in [0.29, 0.717) is 12.1 Å². The lowest BCUT2D eigenvalue weighted by Crippen LogP contribution is -2.05. The van der Waals surface area contributed by atoms with Crippen LogP contribution in [0.3, 0.4) is 0 Å². The smallest absolute Gasteiger partial charge is 0.337 e. The lowest BCUT2D eigenvalue weighted by Gasteiger charge is -2.08. The van der Waals surface area contributed by atoms with E-state index in [0.717, 1.165) is 27.7 Å². The number of benzene rings is 2. The molecule has 0 spiro atoms. The van der Waals surface area contributed by atoms with E-state index < -0.39 is 5.97 Å². The van der Waals surface area contributed by atoms with Gasteiger partial charge < -0.3 is 9.67 Å². The predicted molar refractivity (Wildman–Crippen MR) is 97.7 cm³/mol. The van der Waals surface area contributed by atoms with Gasteiger partial charge in [0, 0.05) is 23.3 Å². The van der Waals surface area contributed by atoms with E-state index in [9.17, 15) is 9.90 Å². The third kappa shape index (κ3) is 2.90. The zero-order valence-electron chi connectivity index (χ0n) is 13.5. The number of aromatic carboxylic acids is 1. The normalized spacial score (nSPS) is 10.9. The fraction of sp³-hybridized carbons (Fsp3) is 0.0476. The van der Waals surface area contributed by atoms with Crippen LogP contribution in [0, 0.1) is 0 Å². The maximum Gasteiger partial charge on any atom is 0.337 e. The minimum atomic E-state index is -0.919. The lowest BCUT2D eigenvalue weighted by atomic mass is 10.1. The van der Waals surface area contributed by atoms with Crippen molar-refractivity contribution in [1.29, 1.82) is 0 Å². The summed E-state index contributed by atoms with van der Waals surface area (Å²) in [5.41, 5.74) is 4.11. The monoisotopic (exact) mass is 328 g/mol. The van der Waals surface area contributed by atoms with Crippen LogP contribution in [0.2, 0.25) is 0 Å². The van der Waals surface area contributed by atoms with Crippen LogP contribution in [-0.2, 0) is 6.54 Å². The molecule has 122 valence electrons. The van der Waals surface area contributed by atoms with Crippen molar-refractivity contribution in [2.75, 3.05) is 0 Å². The van der Waals surface area contributed by atoms with Crippen molar-refractivity contribution in [2.24, 2.45) is 0 Å². The summed E-state index contributed by atoms with van der Waals surface area (Å²) in [7, 11) is 0. The van der Waals surface area contributed by atoms with Crippen LogP contribution >= 0.6 is 0 Å². The first kappa shape index (κ1) is 15.1. The Kier molecular flexibility index (Phi) is 3.78. The molecule has 0 atom stereocenters. The number of carbonyl (C=O) groups is 1. The molecule has 4 rings (SSSR count). The highest BCUT2D eigenvalue weighted by molar-refractivity contribution is 6.02. The highest BCUT2D eigenvalue weighted by atomic mass is 16.4. The summed E-state index contributed by atoms with van der Waals surface area (Å²) in [6.07, 6.45) is 3.76. The standard InChI is InChI=1S/C21H16N2O2/c24-21(25)19-8-4-7-16-11-12-23(20(16)19)14-18-10-9-17(13-22-18)15-5-2-1-3-6-15/h1-13H,14H2,(H,24,25). The number of para-hydroxylation sites is 1. The number of pyridine rings is 1. The first-order valence-corrected chi connectivity index (χ1v) is 8.04. The first-order valence-electron chi connectivity index (χ1n) is 8.04. The summed E-state index contributed by atoms with van der Waals surface area (Å²) in [5.74, 6) is -0.919. The van der Waals surface area contributed by atoms with Crippen molar-refractivity contribution in [3.8, 4) is 11.1 Å². The van der Waals surface area contributed by atoms with E-state index in [1.165, 1.54) is 0 Å². The third-order valence-electron chi connectivity index (χ3n) is 4.28. The van der Waals surface area contributed by atoms with Crippen molar-refractivity contribution in [3.63, 3.8) is 0 Å². The number of rotatable bonds is 4. The Morgan fingerprint density at radius 1 is 0.920 bits per heavy atom. The SMILES string of the molecule is O=C(O)c1cccc2ccn(Cc3ccc(-c4ccccc4)cn3)c12. The molecule has 0 aliphatic heterocycles. The number of carboxylic acid groups (broad SMARTS) is 1. The Labute approximate surface area is 145 Å². The van der Waals surface area contributed by atoms with Gasteiger partial charge in [0.25, 0.3) is 0 Å². The third-order valence-corrected chi connectivity index (χ3v) is 4.28. The van der Waals surface area contributed by atoms with Crippen molar-refractivity contribution >= 4 is 16.9 Å². The average molecular weight is 328 g/mol. The summed E-state index contributed by atoms with van der Waals surface area (Å²) < 4.78 is 1.93. The Bertz CT molecular complexity index is 1030. The number of carboxylic acids is 1. The van der Waals surface area contributed by atoms with Gasteiger partial charge in [0.15, 0.2) is 0 Å². The van der Waals surface area contributed by atoms with Gasteiger partial charge in [-0.3, -0.25) is 4.98 Å². The second kappa shape index (κ2) is 6.24. The second-order valence-corrected chi connectivity index (χ2v) is 5.90. The van der Waals surface area contributed by atoms with Gasteiger partial charge in [0.1, 0.15) is 0 Å². The maximum absolute atomic E-state index is 11.5. The molecule has 2 aromatic heterocycles. The van der Waals surface area contributed by atoms with Crippen LogP contribution < -0.4 is 0 Å². The first-order chi connectivity index (χ1) is 12.2. The molecule has 2 heterocycles. The van der Waals surface area contributed by atoms with Gasteiger partial charge >= 0.3 is 5.97 Å². The molecule has 0 saturated carbocycles. The summed E-state index contributed by atoms with van der Waals surface area (Å²) >= 11 is 0. The number of nitrogens with zero attached hydrogens (tertiary/aromatic N) is 2. The molecule has 0 fully saturated rings. The molecule has 1 N–H and O–H groups in total. The van der Waals surface area contributed by atoms with Crippen LogP contribution in [0.25, 0.3) is 22.0 Å². The Balaban J connectivity index is 1.67. The molecule has 4 aromatic rings. The predicted octanol–water partition coefficient (Wildman–Crippen LogP) is 4.45. The lowest BCUT2D eigenvalue weighted by molar-refractivity contribution is 0.0698. The molecule has 0 aliphatic rings. The Morgan fingerprint density at radius 2 is 1.76 bits per heavy atom. The summed E-state index contributed by atoms with van der Waals surface area (Å²) in [4.78, 5) is 16.0. The van der Waals surface area contributed by atoms with Crippen LogP contribution in [0.15, 0.2) is 79.1 Å². The molecule has 25 heavy (non-hydrogen) atoms. The van der Waals surface area contributed by atoms with E-state index in [2.05, 4.69) is 17.1 Å². The van der Waals surface area contributed by atoms with Gasteiger partial charge in [-0.25, -0.2) is 4.79 Å². The maximum atomic E-state index is 11.5. The number of fused-ring (bicyclic) bond motifs is 1. The highest BCUT2D eigenvalue weighted by Gasteiger charge is 2.12. The number of hydrogen-bond acceptors (Lipinski definition) is 2. The molecule has 2 aromatic carbocycles. The fourth-order valence-corrected chi connectivity index (χ4v) is 3.06. The second-order valence-electron chi connectivity index (χ2n) is 5.90. The highest BCUT2D eigenvalue weighted by Crippen LogP contribution is 2.22. The Morgan fingerprint density at radius 3 is 2.48 bits per heavy atom. The molecule has 0 bridgehead atoms. The summed E-state index contributed by atoms with van der Waals surface area (Å²) in [6, 6.07) is 21.4. The van der Waals surface area contributed by atoms with Crippen LogP contribution in [0.4, 0.5) is 0 Å². The van der Waals surface area contributed by atoms with Gasteiger partial charge in [0.2, 0.25) is 0 Å².